The number of aromatic nitrogens is 2. The number of methoxy groups -OCH3 is 1. The van der Waals surface area contributed by atoms with E-state index in [9.17, 15) is 9.59 Å². The van der Waals surface area contributed by atoms with Crippen molar-refractivity contribution in [2.75, 3.05) is 17.7 Å². The molecule has 4 rings (SSSR count). The quantitative estimate of drug-likeness (QED) is 0.499. The van der Waals surface area contributed by atoms with Gasteiger partial charge in [0.25, 0.3) is 11.8 Å². The Balaban J connectivity index is 1.42. The Hall–Kier alpha value is -3.65. The van der Waals surface area contributed by atoms with Crippen molar-refractivity contribution in [2.45, 2.75) is 6.92 Å². The molecule has 0 aliphatic heterocycles. The van der Waals surface area contributed by atoms with Crippen LogP contribution in [-0.2, 0) is 7.05 Å². The fourth-order valence-electron chi connectivity index (χ4n) is 3.09. The average Bonchev–Trinajstić information content (AvgIpc) is 3.30. The summed E-state index contributed by atoms with van der Waals surface area (Å²) in [6.07, 6.45) is 0. The van der Waals surface area contributed by atoms with E-state index in [0.717, 1.165) is 21.7 Å². The minimum Gasteiger partial charge on any atom is -0.497 e. The lowest BCUT2D eigenvalue weighted by molar-refractivity contribution is 0.102. The normalized spacial score (nSPS) is 10.8. The summed E-state index contributed by atoms with van der Waals surface area (Å²) in [5.41, 5.74) is 2.68. The second kappa shape index (κ2) is 8.00. The van der Waals surface area contributed by atoms with Gasteiger partial charge in [0.2, 0.25) is 0 Å². The highest BCUT2D eigenvalue weighted by molar-refractivity contribution is 7.20. The first-order chi connectivity index (χ1) is 14.4. The standard InChI is InChI=1S/C22H20N4O3S/c1-13-18-12-19(30-22(18)26(2)25-13)21(28)24-15-6-4-14(5-7-15)20(27)23-16-8-10-17(29-3)11-9-16/h4-12H,1-3H3,(H,23,27)(H,24,28). The van der Waals surface area contributed by atoms with Gasteiger partial charge in [-0.2, -0.15) is 5.10 Å². The molecular formula is C22H20N4O3S. The molecule has 2 N–H and O–H groups in total. The molecule has 8 heteroatoms. The Labute approximate surface area is 177 Å². The molecule has 2 amide bonds. The van der Waals surface area contributed by atoms with Gasteiger partial charge in [-0.25, -0.2) is 0 Å². The molecule has 0 aliphatic carbocycles. The van der Waals surface area contributed by atoms with Gasteiger partial charge in [0.15, 0.2) is 0 Å². The molecule has 0 unspecified atom stereocenters. The summed E-state index contributed by atoms with van der Waals surface area (Å²) in [5, 5.41) is 11.0. The van der Waals surface area contributed by atoms with E-state index in [-0.39, 0.29) is 11.8 Å². The van der Waals surface area contributed by atoms with Gasteiger partial charge in [-0.1, -0.05) is 0 Å². The summed E-state index contributed by atoms with van der Waals surface area (Å²) in [6, 6.07) is 15.7. The van der Waals surface area contributed by atoms with E-state index in [1.165, 1.54) is 11.3 Å². The van der Waals surface area contributed by atoms with E-state index in [1.807, 2.05) is 20.0 Å². The summed E-state index contributed by atoms with van der Waals surface area (Å²) < 4.78 is 6.89. The minimum absolute atomic E-state index is 0.189. The van der Waals surface area contributed by atoms with Crippen molar-refractivity contribution < 1.29 is 14.3 Å². The number of nitrogens with one attached hydrogen (secondary N) is 2. The number of hydrogen-bond donors (Lipinski definition) is 2. The molecule has 0 atom stereocenters. The monoisotopic (exact) mass is 420 g/mol. The highest BCUT2D eigenvalue weighted by atomic mass is 32.1. The average molecular weight is 420 g/mol. The molecule has 4 aromatic rings. The van der Waals surface area contributed by atoms with E-state index in [4.69, 9.17) is 4.74 Å². The van der Waals surface area contributed by atoms with Crippen molar-refractivity contribution in [1.29, 1.82) is 0 Å². The Bertz CT molecular complexity index is 1190. The largest absolute Gasteiger partial charge is 0.497 e. The number of carbonyl (C=O) groups is 2. The van der Waals surface area contributed by atoms with Crippen LogP contribution in [-0.4, -0.2) is 28.7 Å². The van der Waals surface area contributed by atoms with E-state index in [0.29, 0.717) is 21.8 Å². The molecule has 7 nitrogen and oxygen atoms in total. The number of nitrogens with zero attached hydrogens (tertiary/aromatic N) is 2. The van der Waals surface area contributed by atoms with Crippen LogP contribution in [0.15, 0.2) is 54.6 Å². The molecule has 0 bridgehead atoms. The van der Waals surface area contributed by atoms with Crippen LogP contribution in [0.5, 0.6) is 5.75 Å². The van der Waals surface area contributed by atoms with Crippen LogP contribution in [0, 0.1) is 6.92 Å². The molecule has 0 saturated carbocycles. The topological polar surface area (TPSA) is 85.2 Å². The zero-order valence-electron chi connectivity index (χ0n) is 16.7. The van der Waals surface area contributed by atoms with Crippen molar-refractivity contribution in [3.05, 3.63) is 70.7 Å². The van der Waals surface area contributed by atoms with Crippen LogP contribution in [0.1, 0.15) is 25.7 Å². The van der Waals surface area contributed by atoms with Crippen LogP contribution in [0.25, 0.3) is 10.2 Å². The van der Waals surface area contributed by atoms with Crippen molar-refractivity contribution in [3.8, 4) is 5.75 Å². The number of anilines is 2. The SMILES string of the molecule is COc1ccc(NC(=O)c2ccc(NC(=O)c3cc4c(C)nn(C)c4s3)cc2)cc1. The Morgan fingerprint density at radius 3 is 2.17 bits per heavy atom. The van der Waals surface area contributed by atoms with Crippen LogP contribution < -0.4 is 15.4 Å². The number of rotatable bonds is 5. The van der Waals surface area contributed by atoms with Crippen molar-refractivity contribution >= 4 is 44.7 Å². The first-order valence-electron chi connectivity index (χ1n) is 9.24. The highest BCUT2D eigenvalue weighted by Gasteiger charge is 2.15. The molecule has 2 heterocycles. The summed E-state index contributed by atoms with van der Waals surface area (Å²) in [6.45, 7) is 1.92. The van der Waals surface area contributed by atoms with Gasteiger partial charge < -0.3 is 15.4 Å². The molecule has 2 aromatic heterocycles. The number of thiophene rings is 1. The second-order valence-electron chi connectivity index (χ2n) is 6.75. The molecule has 0 radical (unpaired) electrons. The van der Waals surface area contributed by atoms with Gasteiger partial charge in [0.1, 0.15) is 10.6 Å². The first kappa shape index (κ1) is 19.7. The van der Waals surface area contributed by atoms with Crippen LogP contribution in [0.3, 0.4) is 0 Å². The smallest absolute Gasteiger partial charge is 0.265 e. The lowest BCUT2D eigenvalue weighted by Crippen LogP contribution is -2.13. The second-order valence-corrected chi connectivity index (χ2v) is 7.78. The number of aryl methyl sites for hydroxylation is 2. The molecular weight excluding hydrogens is 400 g/mol. The molecule has 0 saturated heterocycles. The third-order valence-electron chi connectivity index (χ3n) is 4.67. The third kappa shape index (κ3) is 3.90. The molecule has 0 fully saturated rings. The van der Waals surface area contributed by atoms with E-state index in [2.05, 4.69) is 15.7 Å². The summed E-state index contributed by atoms with van der Waals surface area (Å²) in [5.74, 6) is 0.301. The number of carbonyl (C=O) groups excluding carboxylic acids is 2. The van der Waals surface area contributed by atoms with Crippen LogP contribution in [0.2, 0.25) is 0 Å². The lowest BCUT2D eigenvalue weighted by atomic mass is 10.2. The predicted molar refractivity (Wildman–Crippen MR) is 119 cm³/mol. The number of amides is 2. The first-order valence-corrected chi connectivity index (χ1v) is 10.1. The van der Waals surface area contributed by atoms with E-state index >= 15 is 0 Å². The van der Waals surface area contributed by atoms with Gasteiger partial charge in [0.05, 0.1) is 17.7 Å². The zero-order chi connectivity index (χ0) is 21.3. The van der Waals surface area contributed by atoms with Gasteiger partial charge in [-0.15, -0.1) is 11.3 Å². The summed E-state index contributed by atoms with van der Waals surface area (Å²) in [4.78, 5) is 26.6. The molecule has 2 aromatic carbocycles. The zero-order valence-corrected chi connectivity index (χ0v) is 17.5. The van der Waals surface area contributed by atoms with Crippen molar-refractivity contribution in [1.82, 2.24) is 9.78 Å². The fourth-order valence-corrected chi connectivity index (χ4v) is 4.11. The number of benzene rings is 2. The van der Waals surface area contributed by atoms with Crippen LogP contribution in [0.4, 0.5) is 11.4 Å². The number of hydrogen-bond acceptors (Lipinski definition) is 5. The van der Waals surface area contributed by atoms with E-state index in [1.54, 1.807) is 60.3 Å². The maximum absolute atomic E-state index is 12.6. The minimum atomic E-state index is -0.231. The molecule has 0 aliphatic rings. The lowest BCUT2D eigenvalue weighted by Gasteiger charge is -2.08. The number of fused-ring (bicyclic) bond motifs is 1. The highest BCUT2D eigenvalue weighted by Crippen LogP contribution is 2.28. The van der Waals surface area contributed by atoms with Crippen molar-refractivity contribution in [3.63, 3.8) is 0 Å². The van der Waals surface area contributed by atoms with Gasteiger partial charge >= 0.3 is 0 Å². The van der Waals surface area contributed by atoms with Gasteiger partial charge in [0, 0.05) is 29.4 Å². The fraction of sp³-hybridized carbons (Fsp3) is 0.136. The summed E-state index contributed by atoms with van der Waals surface area (Å²) >= 11 is 1.40. The summed E-state index contributed by atoms with van der Waals surface area (Å²) in [7, 11) is 3.45. The Morgan fingerprint density at radius 2 is 1.57 bits per heavy atom. The molecule has 30 heavy (non-hydrogen) atoms. The van der Waals surface area contributed by atoms with Gasteiger partial charge in [-0.3, -0.25) is 14.3 Å². The predicted octanol–water partition coefficient (Wildman–Crippen LogP) is 4.46. The number of ether oxygens (including phenoxy) is 1. The maximum Gasteiger partial charge on any atom is 0.265 e. The van der Waals surface area contributed by atoms with E-state index < -0.39 is 0 Å². The van der Waals surface area contributed by atoms with Gasteiger partial charge in [-0.05, 0) is 61.5 Å². The van der Waals surface area contributed by atoms with Crippen molar-refractivity contribution in [2.24, 2.45) is 7.05 Å². The third-order valence-corrected chi connectivity index (χ3v) is 5.87. The van der Waals surface area contributed by atoms with Crippen LogP contribution >= 0.6 is 11.3 Å². The maximum atomic E-state index is 12.6. The Kier molecular flexibility index (Phi) is 5.24. The molecule has 0 spiro atoms. The Morgan fingerprint density at radius 1 is 0.967 bits per heavy atom. The molecule has 152 valence electrons.